The van der Waals surface area contributed by atoms with Crippen LogP contribution in [0.4, 0.5) is 4.39 Å². The molecule has 0 unspecified atom stereocenters. The number of aromatic nitrogens is 5. The number of pyridine rings is 1. The molecule has 4 aromatic rings. The van der Waals surface area contributed by atoms with Gasteiger partial charge in [-0.25, -0.2) is 14.2 Å². The van der Waals surface area contributed by atoms with Crippen LogP contribution in [0.25, 0.3) is 16.8 Å². The topological polar surface area (TPSA) is 75.9 Å². The van der Waals surface area contributed by atoms with Gasteiger partial charge in [-0.3, -0.25) is 9.97 Å². The number of halogens is 1. The maximum atomic E-state index is 13.1. The second-order valence-corrected chi connectivity index (χ2v) is 6.22. The molecule has 8 heteroatoms. The standard InChI is InChI=1S/C17H12FN5OS/c18-12-6-4-11(5-7-12)14-9-20-23-15(14)21-16(22-17(23)24)25-10-13-3-1-2-8-19-13/h1-9H,10H2,(H,21,22,24). The summed E-state index contributed by atoms with van der Waals surface area (Å²) in [4.78, 5) is 23.7. The van der Waals surface area contributed by atoms with E-state index in [0.29, 0.717) is 22.1 Å². The Labute approximate surface area is 145 Å². The van der Waals surface area contributed by atoms with Gasteiger partial charge in [-0.05, 0) is 29.8 Å². The molecule has 3 heterocycles. The van der Waals surface area contributed by atoms with E-state index >= 15 is 0 Å². The van der Waals surface area contributed by atoms with E-state index in [4.69, 9.17) is 0 Å². The summed E-state index contributed by atoms with van der Waals surface area (Å²) in [5.41, 5.74) is 2.36. The smallest absolute Gasteiger partial charge is 0.285 e. The number of fused-ring (bicyclic) bond motifs is 1. The van der Waals surface area contributed by atoms with Crippen molar-refractivity contribution in [2.24, 2.45) is 0 Å². The molecule has 1 aromatic carbocycles. The molecular formula is C17H12FN5OS. The molecule has 0 aliphatic heterocycles. The second kappa shape index (κ2) is 6.48. The molecule has 1 N–H and O–H groups in total. The predicted octanol–water partition coefficient (Wildman–Crippen LogP) is 2.91. The summed E-state index contributed by atoms with van der Waals surface area (Å²) in [6.07, 6.45) is 3.27. The highest BCUT2D eigenvalue weighted by Gasteiger charge is 2.12. The van der Waals surface area contributed by atoms with Gasteiger partial charge in [0.05, 0.1) is 11.9 Å². The largest absolute Gasteiger partial charge is 0.350 e. The minimum atomic E-state index is -0.373. The molecule has 4 rings (SSSR count). The Morgan fingerprint density at radius 1 is 1.16 bits per heavy atom. The van der Waals surface area contributed by atoms with Crippen LogP contribution in [0.2, 0.25) is 0 Å². The van der Waals surface area contributed by atoms with E-state index in [1.807, 2.05) is 18.2 Å². The summed E-state index contributed by atoms with van der Waals surface area (Å²) in [5.74, 6) is 0.262. The van der Waals surface area contributed by atoms with E-state index < -0.39 is 0 Å². The molecule has 0 bridgehead atoms. The number of thioether (sulfide) groups is 1. The van der Waals surface area contributed by atoms with Crippen LogP contribution in [0.1, 0.15) is 5.69 Å². The van der Waals surface area contributed by atoms with Gasteiger partial charge in [0.1, 0.15) is 5.82 Å². The van der Waals surface area contributed by atoms with Gasteiger partial charge in [-0.1, -0.05) is 30.0 Å². The van der Waals surface area contributed by atoms with E-state index in [1.54, 1.807) is 24.5 Å². The van der Waals surface area contributed by atoms with E-state index in [-0.39, 0.29) is 11.5 Å². The fourth-order valence-electron chi connectivity index (χ4n) is 2.39. The van der Waals surface area contributed by atoms with Crippen molar-refractivity contribution in [3.05, 3.63) is 76.9 Å². The zero-order valence-corrected chi connectivity index (χ0v) is 13.7. The van der Waals surface area contributed by atoms with Crippen LogP contribution in [-0.4, -0.2) is 24.6 Å². The summed E-state index contributed by atoms with van der Waals surface area (Å²) >= 11 is 1.38. The van der Waals surface area contributed by atoms with Crippen LogP contribution in [0.5, 0.6) is 0 Å². The van der Waals surface area contributed by atoms with Crippen molar-refractivity contribution in [2.75, 3.05) is 0 Å². The van der Waals surface area contributed by atoms with Gasteiger partial charge in [0.25, 0.3) is 0 Å². The highest BCUT2D eigenvalue weighted by molar-refractivity contribution is 7.98. The summed E-state index contributed by atoms with van der Waals surface area (Å²) < 4.78 is 14.3. The van der Waals surface area contributed by atoms with Crippen molar-refractivity contribution in [2.45, 2.75) is 10.9 Å². The fourth-order valence-corrected chi connectivity index (χ4v) is 3.16. The Hall–Kier alpha value is -3.00. The molecule has 0 saturated carbocycles. The molecule has 0 amide bonds. The van der Waals surface area contributed by atoms with Crippen LogP contribution in [0, 0.1) is 5.82 Å². The Bertz CT molecular complexity index is 1080. The number of aromatic amines is 1. The SMILES string of the molecule is O=c1[nH]c(SCc2ccccn2)nc2c(-c3ccc(F)cc3)cnn12. The first-order chi connectivity index (χ1) is 12.2. The van der Waals surface area contributed by atoms with Gasteiger partial charge in [-0.15, -0.1) is 0 Å². The maximum Gasteiger partial charge on any atom is 0.350 e. The lowest BCUT2D eigenvalue weighted by Crippen LogP contribution is -2.19. The van der Waals surface area contributed by atoms with E-state index in [0.717, 1.165) is 11.3 Å². The number of nitrogens with zero attached hydrogens (tertiary/aromatic N) is 4. The number of nitrogens with one attached hydrogen (secondary N) is 1. The van der Waals surface area contributed by atoms with Crippen molar-refractivity contribution in [1.29, 1.82) is 0 Å². The molecule has 25 heavy (non-hydrogen) atoms. The molecule has 0 atom stereocenters. The summed E-state index contributed by atoms with van der Waals surface area (Å²) in [6, 6.07) is 11.7. The van der Waals surface area contributed by atoms with Crippen molar-refractivity contribution in [3.8, 4) is 11.1 Å². The summed E-state index contributed by atoms with van der Waals surface area (Å²) in [5, 5.41) is 4.55. The molecule has 6 nitrogen and oxygen atoms in total. The first-order valence-electron chi connectivity index (χ1n) is 7.47. The predicted molar refractivity (Wildman–Crippen MR) is 92.8 cm³/mol. The third kappa shape index (κ3) is 3.16. The monoisotopic (exact) mass is 353 g/mol. The van der Waals surface area contributed by atoms with Crippen LogP contribution in [0.15, 0.2) is 64.8 Å². The van der Waals surface area contributed by atoms with Gasteiger partial charge < -0.3 is 0 Å². The van der Waals surface area contributed by atoms with Gasteiger partial charge in [-0.2, -0.15) is 9.61 Å². The number of H-pyrrole nitrogens is 1. The van der Waals surface area contributed by atoms with Crippen molar-refractivity contribution in [3.63, 3.8) is 0 Å². The average Bonchev–Trinajstić information content (AvgIpc) is 3.06. The third-order valence-corrected chi connectivity index (χ3v) is 4.50. The number of hydrogen-bond donors (Lipinski definition) is 1. The lowest BCUT2D eigenvalue weighted by molar-refractivity contribution is 0.628. The molecule has 0 aliphatic carbocycles. The number of benzene rings is 1. The number of hydrogen-bond acceptors (Lipinski definition) is 5. The fraction of sp³-hybridized carbons (Fsp3) is 0.0588. The minimum absolute atomic E-state index is 0.322. The Balaban J connectivity index is 1.71. The van der Waals surface area contributed by atoms with E-state index in [9.17, 15) is 9.18 Å². The molecule has 0 spiro atoms. The molecule has 3 aromatic heterocycles. The lowest BCUT2D eigenvalue weighted by Gasteiger charge is -2.03. The summed E-state index contributed by atoms with van der Waals surface area (Å²) in [6.45, 7) is 0. The van der Waals surface area contributed by atoms with Gasteiger partial charge in [0.15, 0.2) is 10.8 Å². The quantitative estimate of drug-likeness (QED) is 0.571. The van der Waals surface area contributed by atoms with Crippen LogP contribution < -0.4 is 5.69 Å². The Morgan fingerprint density at radius 2 is 2.00 bits per heavy atom. The molecule has 0 aliphatic rings. The molecule has 0 fully saturated rings. The molecular weight excluding hydrogens is 341 g/mol. The lowest BCUT2D eigenvalue weighted by atomic mass is 10.1. The number of rotatable bonds is 4. The molecule has 0 radical (unpaired) electrons. The van der Waals surface area contributed by atoms with E-state index in [1.165, 1.54) is 28.4 Å². The van der Waals surface area contributed by atoms with Crippen molar-refractivity contribution >= 4 is 17.4 Å². The van der Waals surface area contributed by atoms with Crippen molar-refractivity contribution < 1.29 is 4.39 Å². The normalized spacial score (nSPS) is 11.1. The van der Waals surface area contributed by atoms with Crippen molar-refractivity contribution in [1.82, 2.24) is 24.6 Å². The average molecular weight is 353 g/mol. The zero-order valence-electron chi connectivity index (χ0n) is 12.9. The third-order valence-electron chi connectivity index (χ3n) is 3.60. The van der Waals surface area contributed by atoms with Crippen LogP contribution in [-0.2, 0) is 5.75 Å². The Kier molecular flexibility index (Phi) is 4.02. The van der Waals surface area contributed by atoms with Gasteiger partial charge in [0, 0.05) is 17.5 Å². The first kappa shape index (κ1) is 15.5. The van der Waals surface area contributed by atoms with Crippen LogP contribution in [0.3, 0.4) is 0 Å². The first-order valence-corrected chi connectivity index (χ1v) is 8.46. The minimum Gasteiger partial charge on any atom is -0.285 e. The zero-order chi connectivity index (χ0) is 17.2. The Morgan fingerprint density at radius 3 is 2.76 bits per heavy atom. The maximum absolute atomic E-state index is 13.1. The van der Waals surface area contributed by atoms with Gasteiger partial charge >= 0.3 is 5.69 Å². The molecule has 0 saturated heterocycles. The highest BCUT2D eigenvalue weighted by atomic mass is 32.2. The highest BCUT2D eigenvalue weighted by Crippen LogP contribution is 2.24. The van der Waals surface area contributed by atoms with Crippen LogP contribution >= 0.6 is 11.8 Å². The molecule has 124 valence electrons. The second-order valence-electron chi connectivity index (χ2n) is 5.26. The summed E-state index contributed by atoms with van der Waals surface area (Å²) in [7, 11) is 0. The van der Waals surface area contributed by atoms with E-state index in [2.05, 4.69) is 20.1 Å². The van der Waals surface area contributed by atoms with Gasteiger partial charge in [0.2, 0.25) is 0 Å².